The van der Waals surface area contributed by atoms with Crippen LogP contribution in [-0.4, -0.2) is 19.8 Å². The average Bonchev–Trinajstić information content (AvgIpc) is 3.20. The van der Waals surface area contributed by atoms with Gasteiger partial charge in [-0.3, -0.25) is 0 Å². The van der Waals surface area contributed by atoms with Crippen molar-refractivity contribution < 1.29 is 15.0 Å². The number of hydrogen-bond donors (Lipinski definition) is 1. The van der Waals surface area contributed by atoms with E-state index in [2.05, 4.69) is 22.5 Å². The van der Waals surface area contributed by atoms with Gasteiger partial charge in [-0.1, -0.05) is 60.8 Å². The van der Waals surface area contributed by atoms with Crippen LogP contribution in [0.1, 0.15) is 36.9 Å². The van der Waals surface area contributed by atoms with E-state index < -0.39 is 5.09 Å². The van der Waals surface area contributed by atoms with E-state index in [1.807, 2.05) is 42.9 Å². The van der Waals surface area contributed by atoms with Crippen molar-refractivity contribution >= 4 is 23.2 Å². The van der Waals surface area contributed by atoms with Gasteiger partial charge in [-0.2, -0.15) is 0 Å². The molecule has 0 spiro atoms. The van der Waals surface area contributed by atoms with Gasteiger partial charge in [-0.15, -0.1) is 10.1 Å². The van der Waals surface area contributed by atoms with E-state index in [1.54, 1.807) is 12.3 Å². The lowest BCUT2D eigenvalue weighted by Gasteiger charge is -2.21. The van der Waals surface area contributed by atoms with Crippen LogP contribution in [-0.2, 0) is 6.61 Å². The molecule has 0 aliphatic heterocycles. The summed E-state index contributed by atoms with van der Waals surface area (Å²) in [6.45, 7) is 2.58. The van der Waals surface area contributed by atoms with Gasteiger partial charge in [-0.05, 0) is 24.6 Å². The highest BCUT2D eigenvalue weighted by Crippen LogP contribution is 2.32. The number of hydrogen-bond acceptors (Lipinski definition) is 4. The van der Waals surface area contributed by atoms with Gasteiger partial charge in [-0.25, -0.2) is 4.98 Å². The molecule has 0 fully saturated rings. The first-order chi connectivity index (χ1) is 13.9. The van der Waals surface area contributed by atoms with E-state index in [4.69, 9.17) is 43.3 Å². The van der Waals surface area contributed by atoms with Crippen LogP contribution in [0.25, 0.3) is 0 Å². The first-order valence-corrected chi connectivity index (χ1v) is 9.64. The summed E-state index contributed by atoms with van der Waals surface area (Å²) < 4.78 is 8.23. The molecule has 2 aromatic carbocycles. The van der Waals surface area contributed by atoms with E-state index >= 15 is 0 Å². The monoisotopic (exact) mass is 437 g/mol. The molecule has 0 saturated heterocycles. The van der Waals surface area contributed by atoms with Crippen LogP contribution in [0.5, 0.6) is 5.75 Å². The minimum Gasteiger partial charge on any atom is -0.488 e. The lowest BCUT2D eigenvalue weighted by Crippen LogP contribution is -2.11. The minimum absolute atomic E-state index is 0.199. The van der Waals surface area contributed by atoms with Crippen LogP contribution in [0.15, 0.2) is 61.2 Å². The summed E-state index contributed by atoms with van der Waals surface area (Å²) in [6.07, 6.45) is 7.73. The van der Waals surface area contributed by atoms with Crippen LogP contribution in [0.3, 0.4) is 0 Å². The highest BCUT2D eigenvalue weighted by Gasteiger charge is 2.17. The number of halogens is 2. The number of para-hydroxylation sites is 1. The molecule has 0 saturated carbocycles. The number of imidazole rings is 1. The SMILES string of the molecule is CCCC(c1ccccc1OCc1ccc(Cl)cc1Cl)n1ccnc1.O=[N+]([O-])O. The summed E-state index contributed by atoms with van der Waals surface area (Å²) in [7, 11) is 0. The highest BCUT2D eigenvalue weighted by molar-refractivity contribution is 6.35. The lowest BCUT2D eigenvalue weighted by molar-refractivity contribution is -0.742. The summed E-state index contributed by atoms with van der Waals surface area (Å²) in [5.74, 6) is 0.862. The van der Waals surface area contributed by atoms with Crippen molar-refractivity contribution in [1.29, 1.82) is 0 Å². The lowest BCUT2D eigenvalue weighted by atomic mass is 10.0. The molecule has 1 N–H and O–H groups in total. The molecule has 9 heteroatoms. The van der Waals surface area contributed by atoms with Crippen molar-refractivity contribution in [2.75, 3.05) is 0 Å². The van der Waals surface area contributed by atoms with Gasteiger partial charge in [0.15, 0.2) is 0 Å². The van der Waals surface area contributed by atoms with Crippen LogP contribution in [0, 0.1) is 10.1 Å². The van der Waals surface area contributed by atoms with Gasteiger partial charge in [0.25, 0.3) is 5.09 Å². The molecular formula is C20H21Cl2N3O4. The Hall–Kier alpha value is -2.77. The maximum Gasteiger partial charge on any atom is 0.291 e. The highest BCUT2D eigenvalue weighted by atomic mass is 35.5. The number of benzene rings is 2. The Morgan fingerprint density at radius 2 is 2.00 bits per heavy atom. The molecule has 0 aliphatic carbocycles. The number of aromatic nitrogens is 2. The Bertz CT molecular complexity index is 916. The molecule has 7 nitrogen and oxygen atoms in total. The van der Waals surface area contributed by atoms with Gasteiger partial charge in [0.1, 0.15) is 12.4 Å². The third kappa shape index (κ3) is 6.96. The maximum absolute atomic E-state index is 8.36. The van der Waals surface area contributed by atoms with Gasteiger partial charge >= 0.3 is 0 Å². The molecule has 0 radical (unpaired) electrons. The summed E-state index contributed by atoms with van der Waals surface area (Å²) in [5, 5.41) is 14.9. The zero-order valence-corrected chi connectivity index (χ0v) is 17.3. The Kier molecular flexibility index (Phi) is 8.76. The number of rotatable bonds is 7. The summed E-state index contributed by atoms with van der Waals surface area (Å²) in [6, 6.07) is 13.8. The van der Waals surface area contributed by atoms with Crippen molar-refractivity contribution in [1.82, 2.24) is 9.55 Å². The molecule has 0 aliphatic rings. The Morgan fingerprint density at radius 1 is 1.28 bits per heavy atom. The largest absolute Gasteiger partial charge is 0.488 e. The first kappa shape index (κ1) is 22.5. The standard InChI is InChI=1S/C20H20Cl2N2O.HNO3/c1-2-5-19(24-11-10-23-14-24)17-6-3-4-7-20(17)25-13-15-8-9-16(21)12-18(15)22;2-1(3)4/h3-4,6-12,14,19H,2,5,13H2,1H3;(H,2,3,4). The molecule has 1 heterocycles. The molecule has 0 amide bonds. The fourth-order valence-corrected chi connectivity index (χ4v) is 3.34. The van der Waals surface area contributed by atoms with Crippen molar-refractivity contribution in [3.63, 3.8) is 0 Å². The van der Waals surface area contributed by atoms with Crippen molar-refractivity contribution in [3.05, 3.63) is 92.5 Å². The van der Waals surface area contributed by atoms with Gasteiger partial charge in [0.2, 0.25) is 0 Å². The fourth-order valence-electron chi connectivity index (χ4n) is 2.87. The van der Waals surface area contributed by atoms with E-state index in [9.17, 15) is 0 Å². The van der Waals surface area contributed by atoms with Gasteiger partial charge < -0.3 is 14.5 Å². The number of ether oxygens (including phenoxy) is 1. The molecule has 29 heavy (non-hydrogen) atoms. The second kappa shape index (κ2) is 11.3. The van der Waals surface area contributed by atoms with Crippen molar-refractivity contribution in [2.45, 2.75) is 32.4 Å². The van der Waals surface area contributed by atoms with Crippen molar-refractivity contribution in [2.24, 2.45) is 0 Å². The summed E-state index contributed by atoms with van der Waals surface area (Å²) in [5.41, 5.74) is 2.06. The summed E-state index contributed by atoms with van der Waals surface area (Å²) in [4.78, 5) is 12.5. The minimum atomic E-state index is -1.50. The van der Waals surface area contributed by atoms with E-state index in [0.717, 1.165) is 29.7 Å². The predicted molar refractivity (Wildman–Crippen MR) is 111 cm³/mol. The molecule has 0 bridgehead atoms. The van der Waals surface area contributed by atoms with Gasteiger partial charge in [0, 0.05) is 33.6 Å². The zero-order chi connectivity index (χ0) is 21.2. The fraction of sp³-hybridized carbons (Fsp3) is 0.250. The molecule has 1 aromatic heterocycles. The van der Waals surface area contributed by atoms with Crippen LogP contribution >= 0.6 is 23.2 Å². The molecule has 3 aromatic rings. The third-order valence-electron chi connectivity index (χ3n) is 4.12. The molecular weight excluding hydrogens is 417 g/mol. The normalized spacial score (nSPS) is 11.3. The molecule has 1 unspecified atom stereocenters. The third-order valence-corrected chi connectivity index (χ3v) is 4.71. The van der Waals surface area contributed by atoms with Crippen LogP contribution in [0.4, 0.5) is 0 Å². The molecule has 1 atom stereocenters. The topological polar surface area (TPSA) is 90.4 Å². The van der Waals surface area contributed by atoms with Gasteiger partial charge in [0.05, 0.1) is 12.4 Å². The second-order valence-electron chi connectivity index (χ2n) is 6.11. The Balaban J connectivity index is 0.000000687. The Labute approximate surface area is 178 Å². The molecule has 154 valence electrons. The van der Waals surface area contributed by atoms with E-state index in [-0.39, 0.29) is 6.04 Å². The quantitative estimate of drug-likeness (QED) is 0.371. The summed E-state index contributed by atoms with van der Waals surface area (Å²) >= 11 is 12.2. The predicted octanol–water partition coefficient (Wildman–Crippen LogP) is 5.81. The van der Waals surface area contributed by atoms with Crippen LogP contribution in [0.2, 0.25) is 10.0 Å². The smallest absolute Gasteiger partial charge is 0.291 e. The zero-order valence-electron chi connectivity index (χ0n) is 15.7. The van der Waals surface area contributed by atoms with Crippen LogP contribution < -0.4 is 4.74 Å². The second-order valence-corrected chi connectivity index (χ2v) is 6.96. The molecule has 3 rings (SSSR count). The van der Waals surface area contributed by atoms with Crippen molar-refractivity contribution in [3.8, 4) is 5.75 Å². The van der Waals surface area contributed by atoms with E-state index in [1.165, 1.54) is 0 Å². The number of nitrogens with zero attached hydrogens (tertiary/aromatic N) is 3. The van der Waals surface area contributed by atoms with E-state index in [0.29, 0.717) is 16.7 Å². The average molecular weight is 438 g/mol. The maximum atomic E-state index is 8.36. The Morgan fingerprint density at radius 3 is 2.62 bits per heavy atom. The first-order valence-electron chi connectivity index (χ1n) is 8.88.